The fourth-order valence-electron chi connectivity index (χ4n) is 0.170. The summed E-state index contributed by atoms with van der Waals surface area (Å²) in [5.41, 5.74) is 0. The summed E-state index contributed by atoms with van der Waals surface area (Å²) in [6, 6.07) is 0. The summed E-state index contributed by atoms with van der Waals surface area (Å²) in [5, 5.41) is 4.42. The minimum absolute atomic E-state index is 1.85. The second kappa shape index (κ2) is 2.54. The molecule has 9 heteroatoms. The monoisotopic (exact) mass is 189 g/mol. The largest absolute Gasteiger partial charge is 0.382 e. The van der Waals surface area contributed by atoms with Gasteiger partial charge in [-0.3, -0.25) is 14.5 Å². The maximum absolute atomic E-state index is 9.96. The van der Waals surface area contributed by atoms with E-state index in [0.717, 1.165) is 0 Å². The Bertz CT molecular complexity index is 208. The molecule has 0 heterocycles. The van der Waals surface area contributed by atoms with Crippen molar-refractivity contribution in [2.75, 3.05) is 0 Å². The van der Waals surface area contributed by atoms with E-state index in [1.165, 1.54) is 0 Å². The minimum Gasteiger partial charge on any atom is -0.320 e. The van der Waals surface area contributed by atoms with Crippen LogP contribution in [0.15, 0.2) is 0 Å². The third-order valence-corrected chi connectivity index (χ3v) is 3.22. The van der Waals surface area contributed by atoms with E-state index in [9.17, 15) is 9.13 Å². The highest BCUT2D eigenvalue weighted by molar-refractivity contribution is 7.97. The number of hydrogen-bond donors (Lipinski definition) is 5. The lowest BCUT2D eigenvalue weighted by Crippen LogP contribution is -1.97. The molecule has 0 radical (unpaired) electrons. The number of hydrogen-bond acceptors (Lipinski definition) is 3. The molecule has 0 rings (SSSR count). The normalized spacial score (nSPS) is 13.2. The second-order valence-electron chi connectivity index (χ2n) is 1.41. The van der Waals surface area contributed by atoms with Crippen molar-refractivity contribution in [3.05, 3.63) is 0 Å². The second-order valence-corrected chi connectivity index (χ2v) is 4.83. The molecule has 0 aromatic rings. The topological polar surface area (TPSA) is 139 Å². The van der Waals surface area contributed by atoms with Crippen molar-refractivity contribution in [3.63, 3.8) is 0 Å². The fourth-order valence-corrected chi connectivity index (χ4v) is 1.53. The van der Waals surface area contributed by atoms with Gasteiger partial charge in [-0.2, -0.15) is 0 Å². The zero-order valence-corrected chi connectivity index (χ0v) is 6.29. The van der Waals surface area contributed by atoms with Crippen LogP contribution in [0.5, 0.6) is 0 Å². The van der Waals surface area contributed by atoms with Gasteiger partial charge in [0.2, 0.25) is 5.19 Å². The molecule has 5 N–H and O–H groups in total. The first-order valence-electron chi connectivity index (χ1n) is 1.86. The molecule has 0 bridgehead atoms. The van der Waals surface area contributed by atoms with Gasteiger partial charge < -0.3 is 19.6 Å². The van der Waals surface area contributed by atoms with E-state index in [1.54, 1.807) is 0 Å². The Hall–Kier alpha value is -0.0300. The van der Waals surface area contributed by atoms with E-state index in [1.807, 2.05) is 0 Å². The van der Waals surface area contributed by atoms with Gasteiger partial charge in [-0.1, -0.05) is 0 Å². The van der Waals surface area contributed by atoms with E-state index < -0.39 is 20.4 Å². The number of rotatable bonds is 2. The summed E-state index contributed by atoms with van der Waals surface area (Å²) < 4.78 is 19.9. The van der Waals surface area contributed by atoms with Crippen molar-refractivity contribution in [2.45, 2.75) is 0 Å². The molecule has 10 heavy (non-hydrogen) atoms. The average molecular weight is 189 g/mol. The summed E-state index contributed by atoms with van der Waals surface area (Å²) in [6.07, 6.45) is 0. The van der Waals surface area contributed by atoms with Crippen LogP contribution in [-0.2, 0) is 9.13 Å². The van der Waals surface area contributed by atoms with E-state index in [4.69, 9.17) is 25.0 Å². The quantitative estimate of drug-likeness (QED) is 0.286. The molecule has 0 amide bonds. The molecule has 0 fully saturated rings. The zero-order valence-electron chi connectivity index (χ0n) is 4.50. The highest BCUT2D eigenvalue weighted by Gasteiger charge is 2.36. The smallest absolute Gasteiger partial charge is 0.320 e. The summed E-state index contributed by atoms with van der Waals surface area (Å²) in [6.45, 7) is 0. The van der Waals surface area contributed by atoms with Gasteiger partial charge in [0.05, 0.1) is 0 Å². The van der Waals surface area contributed by atoms with Gasteiger partial charge >= 0.3 is 15.2 Å². The summed E-state index contributed by atoms with van der Waals surface area (Å²) >= 11 is 0. The van der Waals surface area contributed by atoms with Gasteiger partial charge in [0, 0.05) is 0 Å². The first kappa shape index (κ1) is 9.97. The molecule has 7 nitrogen and oxygen atoms in total. The first-order chi connectivity index (χ1) is 4.15. The van der Waals surface area contributed by atoms with Gasteiger partial charge in [-0.25, -0.2) is 0 Å². The SMILES string of the molecule is N=C(P(=O)(O)O)P(=O)(O)O. The Labute approximate surface area is 55.5 Å². The number of nitrogens with one attached hydrogen (secondary N) is 1. The van der Waals surface area contributed by atoms with Crippen LogP contribution in [0, 0.1) is 5.41 Å². The van der Waals surface area contributed by atoms with E-state index in [0.29, 0.717) is 0 Å². The third-order valence-electron chi connectivity index (χ3n) is 0.552. The van der Waals surface area contributed by atoms with Crippen molar-refractivity contribution in [2.24, 2.45) is 0 Å². The summed E-state index contributed by atoms with van der Waals surface area (Å²) in [7, 11) is -10.1. The Kier molecular flexibility index (Phi) is 2.53. The van der Waals surface area contributed by atoms with Gasteiger partial charge in [0.25, 0.3) is 0 Å². The highest BCUT2D eigenvalue weighted by Crippen LogP contribution is 2.53. The lowest BCUT2D eigenvalue weighted by atomic mass is 11.7. The van der Waals surface area contributed by atoms with Crippen LogP contribution in [-0.4, -0.2) is 24.8 Å². The van der Waals surface area contributed by atoms with Crippen molar-refractivity contribution < 1.29 is 28.7 Å². The predicted octanol–water partition coefficient (Wildman–Crippen LogP) is -0.723. The molecule has 0 aromatic heterocycles. The molecule has 0 aliphatic carbocycles. The molecule has 0 unspecified atom stereocenters. The van der Waals surface area contributed by atoms with Gasteiger partial charge in [0.1, 0.15) is 0 Å². The van der Waals surface area contributed by atoms with Crippen molar-refractivity contribution in [1.82, 2.24) is 0 Å². The standard InChI is InChI=1S/CH5NO6P2/c2-1(9(3,4)5)10(6,7)8/h2H,(H2,3,4,5)(H2,6,7,8). The Morgan fingerprint density at radius 1 is 1.00 bits per heavy atom. The van der Waals surface area contributed by atoms with Gasteiger partial charge in [0.15, 0.2) is 0 Å². The van der Waals surface area contributed by atoms with Crippen LogP contribution in [0.25, 0.3) is 0 Å². The van der Waals surface area contributed by atoms with Crippen LogP contribution in [0.2, 0.25) is 0 Å². The molecule has 0 saturated carbocycles. The zero-order chi connectivity index (χ0) is 8.58. The molecular formula is CH5NO6P2. The minimum atomic E-state index is -5.06. The molecule has 60 valence electrons. The summed E-state index contributed by atoms with van der Waals surface area (Å²) in [4.78, 5) is 32.1. The summed E-state index contributed by atoms with van der Waals surface area (Å²) in [5.74, 6) is 0. The molecular weight excluding hydrogens is 184 g/mol. The maximum Gasteiger partial charge on any atom is 0.382 e. The molecule has 0 aliphatic rings. The van der Waals surface area contributed by atoms with Gasteiger partial charge in [-0.05, 0) is 0 Å². The van der Waals surface area contributed by atoms with Crippen LogP contribution in [0.3, 0.4) is 0 Å². The van der Waals surface area contributed by atoms with E-state index >= 15 is 0 Å². The highest BCUT2D eigenvalue weighted by atomic mass is 31.2. The Morgan fingerprint density at radius 2 is 1.20 bits per heavy atom. The van der Waals surface area contributed by atoms with Crippen LogP contribution in [0.4, 0.5) is 0 Å². The van der Waals surface area contributed by atoms with Crippen molar-refractivity contribution >= 4 is 20.4 Å². The first-order valence-corrected chi connectivity index (χ1v) is 5.09. The van der Waals surface area contributed by atoms with Crippen LogP contribution in [0.1, 0.15) is 0 Å². The molecule has 0 aliphatic heterocycles. The van der Waals surface area contributed by atoms with Crippen molar-refractivity contribution in [3.8, 4) is 0 Å². The lowest BCUT2D eigenvalue weighted by Gasteiger charge is -2.05. The average Bonchev–Trinajstić information content (AvgIpc) is 1.59. The lowest BCUT2D eigenvalue weighted by molar-refractivity contribution is 0.380. The Morgan fingerprint density at radius 3 is 1.20 bits per heavy atom. The molecule has 0 spiro atoms. The predicted molar refractivity (Wildman–Crippen MR) is 31.8 cm³/mol. The Balaban J connectivity index is 4.75. The van der Waals surface area contributed by atoms with E-state index in [-0.39, 0.29) is 0 Å². The van der Waals surface area contributed by atoms with E-state index in [2.05, 4.69) is 0 Å². The molecule has 0 aromatic carbocycles. The van der Waals surface area contributed by atoms with Crippen LogP contribution < -0.4 is 0 Å². The van der Waals surface area contributed by atoms with Crippen molar-refractivity contribution in [1.29, 1.82) is 5.41 Å². The maximum atomic E-state index is 9.96. The molecule has 0 saturated heterocycles. The third kappa shape index (κ3) is 2.70. The van der Waals surface area contributed by atoms with Crippen LogP contribution >= 0.6 is 15.2 Å². The van der Waals surface area contributed by atoms with Gasteiger partial charge in [-0.15, -0.1) is 0 Å². The fraction of sp³-hybridized carbons (Fsp3) is 0. The molecule has 0 atom stereocenters.